The Balaban J connectivity index is 1.51. The van der Waals surface area contributed by atoms with Gasteiger partial charge in [0.15, 0.2) is 0 Å². The molecule has 0 radical (unpaired) electrons. The minimum atomic E-state index is -3.07. The first-order chi connectivity index (χ1) is 18.3. The normalized spacial score (nSPS) is 22.5. The van der Waals surface area contributed by atoms with Crippen LogP contribution in [0.4, 0.5) is 27.6 Å². The Kier molecular flexibility index (Phi) is 8.09. The molecule has 5 rings (SSSR count). The number of halogens is 5. The Hall–Kier alpha value is -2.85. The van der Waals surface area contributed by atoms with Gasteiger partial charge in [-0.1, -0.05) is 24.3 Å². The van der Waals surface area contributed by atoms with E-state index >= 15 is 0 Å². The zero-order valence-corrected chi connectivity index (χ0v) is 21.3. The summed E-state index contributed by atoms with van der Waals surface area (Å²) >= 11 is 0. The van der Waals surface area contributed by atoms with E-state index in [1.165, 1.54) is 6.07 Å². The highest BCUT2D eigenvalue weighted by Crippen LogP contribution is 2.44. The summed E-state index contributed by atoms with van der Waals surface area (Å²) in [6, 6.07) is 11.9. The largest absolute Gasteiger partial charge is 0.434 e. The average molecular weight is 537 g/mol. The summed E-state index contributed by atoms with van der Waals surface area (Å²) in [4.78, 5) is 7.23. The Labute approximate surface area is 218 Å². The van der Waals surface area contributed by atoms with Crippen molar-refractivity contribution in [2.75, 3.05) is 38.2 Å². The number of benzene rings is 2. The number of aromatic amines is 1. The number of H-pyrrole nitrogens is 1. The molecule has 2 aromatic carbocycles. The van der Waals surface area contributed by atoms with Gasteiger partial charge in [-0.2, -0.15) is 8.78 Å². The van der Waals surface area contributed by atoms with Gasteiger partial charge < -0.3 is 19.9 Å². The molecule has 0 amide bonds. The number of alkyl halides is 5. The highest BCUT2D eigenvalue weighted by Gasteiger charge is 2.38. The zero-order valence-electron chi connectivity index (χ0n) is 21.3. The van der Waals surface area contributed by atoms with Crippen molar-refractivity contribution >= 4 is 16.6 Å². The molecule has 1 fully saturated rings. The van der Waals surface area contributed by atoms with E-state index in [1.807, 2.05) is 31.2 Å². The molecule has 206 valence electrons. The fourth-order valence-corrected chi connectivity index (χ4v) is 6.01. The van der Waals surface area contributed by atoms with Gasteiger partial charge in [0.25, 0.3) is 6.43 Å². The molecule has 3 heterocycles. The van der Waals surface area contributed by atoms with Crippen molar-refractivity contribution in [3.63, 3.8) is 0 Å². The van der Waals surface area contributed by atoms with E-state index in [9.17, 15) is 22.0 Å². The molecule has 1 aromatic heterocycles. The molecule has 0 bridgehead atoms. The Bertz CT molecular complexity index is 1240. The molecular weight excluding hydrogens is 503 g/mol. The number of hydrogen-bond donors (Lipinski definition) is 2. The van der Waals surface area contributed by atoms with Crippen molar-refractivity contribution in [3.05, 3.63) is 59.3 Å². The molecule has 0 aliphatic carbocycles. The Morgan fingerprint density at radius 2 is 1.95 bits per heavy atom. The molecule has 3 aromatic rings. The van der Waals surface area contributed by atoms with Crippen molar-refractivity contribution in [1.29, 1.82) is 0 Å². The van der Waals surface area contributed by atoms with E-state index in [0.717, 1.165) is 41.7 Å². The predicted octanol–water partition coefficient (Wildman–Crippen LogP) is 6.22. The summed E-state index contributed by atoms with van der Waals surface area (Å²) in [6.07, 6.45) is -0.694. The third-order valence-corrected chi connectivity index (χ3v) is 7.64. The fraction of sp³-hybridized carbons (Fsp3) is 0.500. The van der Waals surface area contributed by atoms with Crippen molar-refractivity contribution in [1.82, 2.24) is 14.8 Å². The number of rotatable bonds is 10. The van der Waals surface area contributed by atoms with Gasteiger partial charge in [-0.05, 0) is 43.9 Å². The summed E-state index contributed by atoms with van der Waals surface area (Å²) in [5.41, 5.74) is 3.63. The van der Waals surface area contributed by atoms with Gasteiger partial charge in [-0.25, -0.2) is 8.78 Å². The minimum absolute atomic E-state index is 0.0414. The molecule has 10 heteroatoms. The molecule has 5 nitrogen and oxygen atoms in total. The van der Waals surface area contributed by atoms with E-state index in [4.69, 9.17) is 4.74 Å². The number of para-hydroxylation sites is 1. The first-order valence-electron chi connectivity index (χ1n) is 13.1. The quantitative estimate of drug-likeness (QED) is 0.302. The highest BCUT2D eigenvalue weighted by atomic mass is 19.3. The zero-order chi connectivity index (χ0) is 26.8. The predicted molar refractivity (Wildman–Crippen MR) is 138 cm³/mol. The van der Waals surface area contributed by atoms with E-state index < -0.39 is 25.6 Å². The van der Waals surface area contributed by atoms with Gasteiger partial charge in [0, 0.05) is 65.6 Å². The summed E-state index contributed by atoms with van der Waals surface area (Å²) in [6.45, 7) is 0.211. The van der Waals surface area contributed by atoms with E-state index in [2.05, 4.69) is 15.2 Å². The standard InChI is InChI=1S/C28H33F5N4O/c1-17-13-22-20-5-2-3-6-23(20)35-26(22)27(37(17)16-25(30)31)21-8-7-18(14-24(21)38-28(32)33)34-19-9-12-36(15-19)11-4-10-29/h2-3,5-8,14,17,19,25,27-28,34-35H,4,9-13,15-16H2,1H3/t17-,19-,27-/m1/s1. The van der Waals surface area contributed by atoms with Crippen LogP contribution in [0.3, 0.4) is 0 Å². The van der Waals surface area contributed by atoms with Crippen LogP contribution in [0, 0.1) is 0 Å². The van der Waals surface area contributed by atoms with Crippen LogP contribution in [-0.2, 0) is 6.42 Å². The smallest absolute Gasteiger partial charge is 0.387 e. The molecular formula is C28H33F5N4O. The lowest BCUT2D eigenvalue weighted by molar-refractivity contribution is -0.0515. The van der Waals surface area contributed by atoms with Crippen molar-refractivity contribution < 1.29 is 26.7 Å². The lowest BCUT2D eigenvalue weighted by Gasteiger charge is -2.41. The van der Waals surface area contributed by atoms with Gasteiger partial charge in [0.05, 0.1) is 19.3 Å². The number of hydrogen-bond acceptors (Lipinski definition) is 4. The summed E-state index contributed by atoms with van der Waals surface area (Å²) < 4.78 is 72.2. The Morgan fingerprint density at radius 1 is 1.13 bits per heavy atom. The van der Waals surface area contributed by atoms with Crippen LogP contribution >= 0.6 is 0 Å². The second-order valence-electron chi connectivity index (χ2n) is 10.2. The number of fused-ring (bicyclic) bond motifs is 3. The van der Waals surface area contributed by atoms with E-state index in [-0.39, 0.29) is 24.5 Å². The summed E-state index contributed by atoms with van der Waals surface area (Å²) in [7, 11) is 0. The first-order valence-corrected chi connectivity index (χ1v) is 13.1. The summed E-state index contributed by atoms with van der Waals surface area (Å²) in [5.74, 6) is -0.0414. The van der Waals surface area contributed by atoms with Gasteiger partial charge >= 0.3 is 6.61 Å². The topological polar surface area (TPSA) is 43.5 Å². The second-order valence-corrected chi connectivity index (χ2v) is 10.2. The molecule has 0 unspecified atom stereocenters. The maximum atomic E-state index is 13.7. The second kappa shape index (κ2) is 11.5. The molecule has 2 aliphatic rings. The number of ether oxygens (including phenoxy) is 1. The first kappa shape index (κ1) is 26.7. The van der Waals surface area contributed by atoms with Gasteiger partial charge in [-0.3, -0.25) is 9.29 Å². The number of likely N-dealkylation sites (tertiary alicyclic amines) is 1. The van der Waals surface area contributed by atoms with E-state index in [1.54, 1.807) is 17.0 Å². The lowest BCUT2D eigenvalue weighted by atomic mass is 9.88. The van der Waals surface area contributed by atoms with Crippen molar-refractivity contribution in [2.45, 2.75) is 57.3 Å². The molecule has 0 saturated carbocycles. The maximum absolute atomic E-state index is 13.7. The van der Waals surface area contributed by atoms with Gasteiger partial charge in [-0.15, -0.1) is 0 Å². The number of nitrogens with one attached hydrogen (secondary N) is 2. The molecule has 3 atom stereocenters. The van der Waals surface area contributed by atoms with Crippen LogP contribution in [0.25, 0.3) is 10.9 Å². The molecule has 2 N–H and O–H groups in total. The lowest BCUT2D eigenvalue weighted by Crippen LogP contribution is -2.45. The van der Waals surface area contributed by atoms with Crippen LogP contribution < -0.4 is 10.1 Å². The van der Waals surface area contributed by atoms with Crippen LogP contribution in [0.1, 0.15) is 42.6 Å². The average Bonchev–Trinajstić information content (AvgIpc) is 3.47. The molecule has 1 saturated heterocycles. The Morgan fingerprint density at radius 3 is 2.71 bits per heavy atom. The van der Waals surface area contributed by atoms with Crippen LogP contribution in [-0.4, -0.2) is 72.8 Å². The van der Waals surface area contributed by atoms with Crippen molar-refractivity contribution in [3.8, 4) is 5.75 Å². The number of anilines is 1. The number of aromatic nitrogens is 1. The third kappa shape index (κ3) is 5.61. The van der Waals surface area contributed by atoms with Crippen molar-refractivity contribution in [2.24, 2.45) is 0 Å². The molecule has 0 spiro atoms. The molecule has 38 heavy (non-hydrogen) atoms. The molecule has 2 aliphatic heterocycles. The van der Waals surface area contributed by atoms with Crippen LogP contribution in [0.5, 0.6) is 5.75 Å². The maximum Gasteiger partial charge on any atom is 0.387 e. The minimum Gasteiger partial charge on any atom is -0.434 e. The SMILES string of the molecule is C[C@@H]1Cc2c([nH]c3ccccc23)[C@@H](c2ccc(N[C@@H]3CCN(CCCF)C3)cc2OC(F)F)N1CC(F)F. The van der Waals surface area contributed by atoms with Crippen LogP contribution in [0.2, 0.25) is 0 Å². The third-order valence-electron chi connectivity index (χ3n) is 7.64. The van der Waals surface area contributed by atoms with Gasteiger partial charge in [0.2, 0.25) is 0 Å². The van der Waals surface area contributed by atoms with E-state index in [0.29, 0.717) is 30.6 Å². The fourth-order valence-electron chi connectivity index (χ4n) is 6.01. The monoisotopic (exact) mass is 536 g/mol. The summed E-state index contributed by atoms with van der Waals surface area (Å²) in [5, 5.41) is 4.39. The highest BCUT2D eigenvalue weighted by molar-refractivity contribution is 5.85. The van der Waals surface area contributed by atoms with Gasteiger partial charge in [0.1, 0.15) is 5.75 Å². The number of nitrogens with zero attached hydrogens (tertiary/aromatic N) is 2. The van der Waals surface area contributed by atoms with Crippen LogP contribution in [0.15, 0.2) is 42.5 Å².